The molecular weight excluding hydrogens is 1870 g/mol. The molecule has 3 aromatic rings. The molecule has 2 amide bonds. The van der Waals surface area contributed by atoms with Gasteiger partial charge in [-0.05, 0) is 65.9 Å². The summed E-state index contributed by atoms with van der Waals surface area (Å²) < 4.78 is 18.0. The van der Waals surface area contributed by atoms with E-state index in [1.54, 1.807) is 37.2 Å². The number of aliphatic hydroxyl groups is 1. The summed E-state index contributed by atoms with van der Waals surface area (Å²) in [6.07, 6.45) is 4.24. The van der Waals surface area contributed by atoms with Crippen LogP contribution in [-0.4, -0.2) is 99.6 Å². The zero-order valence-corrected chi connectivity index (χ0v) is 59.5. The van der Waals surface area contributed by atoms with Crippen LogP contribution in [0.15, 0.2) is 54.6 Å². The first-order valence-corrected chi connectivity index (χ1v) is 51.7. The van der Waals surface area contributed by atoms with Crippen molar-refractivity contribution in [3.8, 4) is 0 Å². The maximum absolute atomic E-state index is 12.0. The van der Waals surface area contributed by atoms with Crippen LogP contribution >= 0.6 is 207 Å². The fraction of sp³-hybridized carbons (Fsp3) is 0.535. The molecule has 3 unspecified atom stereocenters. The van der Waals surface area contributed by atoms with Crippen molar-refractivity contribution in [2.24, 2.45) is 0 Å². The number of ether oxygens (including phenoxy) is 3. The van der Waals surface area contributed by atoms with E-state index in [0.717, 1.165) is 62.1 Å². The number of hydrogen-bond donors (Lipinski definition) is 2. The van der Waals surface area contributed by atoms with Crippen molar-refractivity contribution in [3.63, 3.8) is 0 Å². The van der Waals surface area contributed by atoms with Crippen molar-refractivity contribution in [2.45, 2.75) is 83.9 Å². The number of carbonyl (C=O) groups excluding carboxylic acids is 2. The van der Waals surface area contributed by atoms with Gasteiger partial charge in [-0.2, -0.15) is 0 Å². The molecule has 3 heterocycles. The van der Waals surface area contributed by atoms with Crippen LogP contribution < -0.4 is 5.32 Å². The van der Waals surface area contributed by atoms with Crippen molar-refractivity contribution < 1.29 is 43.3 Å². The monoisotopic (exact) mass is 1920 g/mol. The molecule has 68 heavy (non-hydrogen) atoms. The SMILES string of the molecule is C.CC(=O)N1CCOC(CCO)(c2ccc(Cl)c(Cl)c2)C1.CCCC1(c2ccc(Cl)c(Cl)c2)CNCCO1.C[B]C(=O)N1CCOC(CCC)(c2ccc(Cl)c(Cl)c2)C1.II.[I][V]([I])[I].[I][V][I]. The molecule has 9 nitrogen and oxygen atoms in total. The van der Waals surface area contributed by atoms with Gasteiger partial charge in [0, 0.05) is 83.4 Å². The summed E-state index contributed by atoms with van der Waals surface area (Å²) in [5.74, 6) is 0.0366. The third-order valence-corrected chi connectivity index (χ3v) is 12.8. The Bertz CT molecular complexity index is 1930. The molecule has 0 saturated carbocycles. The van der Waals surface area contributed by atoms with Gasteiger partial charge in [-0.15, -0.1) is 0 Å². The third kappa shape index (κ3) is 24.7. The topological polar surface area (TPSA) is 101 Å². The normalized spacial score (nSPS) is 20.6. The fourth-order valence-corrected chi connectivity index (χ4v) is 8.52. The van der Waals surface area contributed by atoms with E-state index in [4.69, 9.17) is 83.8 Å². The second kappa shape index (κ2) is 39.8. The molecule has 3 atom stereocenters. The molecule has 0 spiro atoms. The second-order valence-corrected chi connectivity index (χ2v) is 64.4. The van der Waals surface area contributed by atoms with Crippen LogP contribution in [-0.2, 0) is 50.2 Å². The predicted octanol–water partition coefficient (Wildman–Crippen LogP) is 17.1. The van der Waals surface area contributed by atoms with Crippen LogP contribution in [0.2, 0.25) is 37.0 Å². The van der Waals surface area contributed by atoms with Gasteiger partial charge in [-0.3, -0.25) is 9.59 Å². The standard InChI is InChI=1S/C15H19BCl2NO2.C14H17Cl2NO3.C13H17Cl2NO.CH4.I2.5HI.2V/c1-3-6-15(11-4-5-12(17)13(18)9-11)10-19(7-8-21-15)14(20)16-2;1-10(19)17-5-7-20-14(9-17,4-6-18)11-2-3-12(15)13(16)8-11;1-2-5-13(9-16-6-7-17-13)10-3-4-11(14)12(15)8-10;;1-2;;;;;;;/h4-5,9H,3,6-8,10H2,1-2H3;2-3,8,18H,4-7,9H2,1H3;3-4,8,16H,2,5-7,9H2,1H3;1H4;;5*1H;;/q;;;;;;;;;;+2;+3/p-5. The van der Waals surface area contributed by atoms with Gasteiger partial charge < -0.3 is 34.4 Å². The minimum atomic E-state index is -0.729. The Labute approximate surface area is 526 Å². The average molecular weight is 1930 g/mol. The molecule has 6 rings (SSSR count). The van der Waals surface area contributed by atoms with E-state index in [0.29, 0.717) is 85.4 Å². The summed E-state index contributed by atoms with van der Waals surface area (Å²) in [5, 5.41) is 15.9. The van der Waals surface area contributed by atoms with Gasteiger partial charge in [0.05, 0.1) is 63.0 Å². The first-order valence-electron chi connectivity index (χ1n) is 20.6. The van der Waals surface area contributed by atoms with Crippen LogP contribution in [0.4, 0.5) is 4.79 Å². The summed E-state index contributed by atoms with van der Waals surface area (Å²) >= 11 is 52.6. The summed E-state index contributed by atoms with van der Waals surface area (Å²) in [7, 11) is 2.22. The van der Waals surface area contributed by atoms with Gasteiger partial charge in [-0.25, -0.2) is 0 Å². The number of hydrogen-bond acceptors (Lipinski definition) is 7. The predicted molar refractivity (Wildman–Crippen MR) is 342 cm³/mol. The molecule has 3 aromatic carbocycles. The Morgan fingerprint density at radius 3 is 1.43 bits per heavy atom. The molecule has 0 bridgehead atoms. The van der Waals surface area contributed by atoms with E-state index in [2.05, 4.69) is 156 Å². The van der Waals surface area contributed by atoms with Crippen molar-refractivity contribution in [1.29, 1.82) is 0 Å². The van der Waals surface area contributed by atoms with Gasteiger partial charge >= 0.3 is 114 Å². The number of rotatable bonds is 10. The van der Waals surface area contributed by atoms with Gasteiger partial charge in [0.25, 0.3) is 0 Å². The van der Waals surface area contributed by atoms with Crippen LogP contribution in [0.3, 0.4) is 0 Å². The first kappa shape index (κ1) is 72.5. The van der Waals surface area contributed by atoms with Crippen molar-refractivity contribution in [1.82, 2.24) is 15.1 Å². The zero-order valence-electron chi connectivity index (χ0n) is 37.1. The van der Waals surface area contributed by atoms with E-state index >= 15 is 0 Å². The number of benzene rings is 3. The molecule has 2 N–H and O–H groups in total. The molecule has 3 aliphatic rings. The first-order chi connectivity index (χ1) is 31.8. The zero-order chi connectivity index (χ0) is 50.8. The Kier molecular flexibility index (Phi) is 42.4. The number of amides is 2. The third-order valence-electron chi connectivity index (χ3n) is 10.6. The molecule has 3 aliphatic heterocycles. The Balaban J connectivity index is 0.000000905. The van der Waals surface area contributed by atoms with Gasteiger partial charge in [-0.1, -0.05) is 129 Å². The van der Waals surface area contributed by atoms with Crippen molar-refractivity contribution >= 4 is 226 Å². The van der Waals surface area contributed by atoms with E-state index in [-0.39, 0.29) is 36.3 Å². The summed E-state index contributed by atoms with van der Waals surface area (Å²) in [6.45, 7) is 13.1. The maximum atomic E-state index is 12.0. The molecule has 1 radical (unpaired) electrons. The molecule has 3 saturated heterocycles. The van der Waals surface area contributed by atoms with E-state index < -0.39 is 11.2 Å². The Hall–Kier alpha value is 4.48. The number of halogens is 13. The van der Waals surface area contributed by atoms with Crippen LogP contribution in [0.1, 0.15) is 77.0 Å². The Morgan fingerprint density at radius 2 is 1.07 bits per heavy atom. The molecule has 0 aliphatic carbocycles. The fourth-order valence-electron chi connectivity index (χ4n) is 7.63. The number of nitrogens with zero attached hydrogens (tertiary/aromatic N) is 2. The van der Waals surface area contributed by atoms with Crippen molar-refractivity contribution in [3.05, 3.63) is 101 Å². The quantitative estimate of drug-likeness (QED) is 0.154. The summed E-state index contributed by atoms with van der Waals surface area (Å²) in [4.78, 5) is 26.9. The van der Waals surface area contributed by atoms with Crippen LogP contribution in [0, 0.1) is 0 Å². The second-order valence-electron chi connectivity index (χ2n) is 14.8. The van der Waals surface area contributed by atoms with E-state index in [1.807, 2.05) is 41.3 Å². The molecular formula is C43H57BCl6I7N3O6V2. The summed E-state index contributed by atoms with van der Waals surface area (Å²) in [6, 6.07) is 16.6. The van der Waals surface area contributed by atoms with E-state index in [9.17, 15) is 14.7 Å². The number of aliphatic hydroxyl groups excluding tert-OH is 1. The van der Waals surface area contributed by atoms with Crippen LogP contribution in [0.25, 0.3) is 0 Å². The molecule has 0 aromatic heterocycles. The molecule has 25 heteroatoms. The van der Waals surface area contributed by atoms with Crippen LogP contribution in [0.5, 0.6) is 0 Å². The number of carbonyl (C=O) groups is 2. The number of nitrogens with one attached hydrogen (secondary N) is 1. The van der Waals surface area contributed by atoms with Gasteiger partial charge in [0.2, 0.25) is 13.2 Å². The Morgan fingerprint density at radius 1 is 0.706 bits per heavy atom. The molecule has 384 valence electrons. The average Bonchev–Trinajstić information content (AvgIpc) is 3.30. The minimum absolute atomic E-state index is 0. The summed E-state index contributed by atoms with van der Waals surface area (Å²) in [5.41, 5.74) is 1.44. The van der Waals surface area contributed by atoms with Crippen molar-refractivity contribution in [2.75, 3.05) is 65.7 Å². The number of morpholine rings is 3. The van der Waals surface area contributed by atoms with Gasteiger partial charge in [0.15, 0.2) is 5.81 Å². The van der Waals surface area contributed by atoms with Gasteiger partial charge in [0.1, 0.15) is 16.8 Å². The van der Waals surface area contributed by atoms with E-state index in [1.165, 1.54) is 6.92 Å². The molecule has 3 fully saturated rings.